The van der Waals surface area contributed by atoms with Gasteiger partial charge in [0, 0.05) is 18.2 Å². The van der Waals surface area contributed by atoms with Crippen molar-refractivity contribution in [1.82, 2.24) is 10.2 Å². The predicted octanol–water partition coefficient (Wildman–Crippen LogP) is 4.90. The van der Waals surface area contributed by atoms with Gasteiger partial charge in [0.1, 0.15) is 24.2 Å². The van der Waals surface area contributed by atoms with Gasteiger partial charge < -0.3 is 15.0 Å². The van der Waals surface area contributed by atoms with Gasteiger partial charge in [-0.2, -0.15) is 0 Å². The molecular formula is C31H36FN3O5S. The summed E-state index contributed by atoms with van der Waals surface area (Å²) in [6.45, 7) is 0.784. The van der Waals surface area contributed by atoms with Crippen molar-refractivity contribution in [3.63, 3.8) is 0 Å². The van der Waals surface area contributed by atoms with E-state index in [0.29, 0.717) is 5.75 Å². The van der Waals surface area contributed by atoms with Crippen LogP contribution in [0.1, 0.15) is 44.6 Å². The summed E-state index contributed by atoms with van der Waals surface area (Å²) in [5.41, 5.74) is 0.466. The average Bonchev–Trinajstić information content (AvgIpc) is 3.00. The number of carbonyl (C=O) groups excluding carboxylic acids is 2. The van der Waals surface area contributed by atoms with Crippen molar-refractivity contribution >= 4 is 27.5 Å². The number of rotatable bonds is 11. The van der Waals surface area contributed by atoms with Crippen molar-refractivity contribution in [2.24, 2.45) is 0 Å². The van der Waals surface area contributed by atoms with Crippen LogP contribution in [0, 0.1) is 5.82 Å². The Labute approximate surface area is 241 Å². The first-order valence-electron chi connectivity index (χ1n) is 13.8. The molecule has 0 bridgehead atoms. The number of halogens is 1. The summed E-state index contributed by atoms with van der Waals surface area (Å²) in [7, 11) is -2.68. The zero-order valence-electron chi connectivity index (χ0n) is 23.3. The molecule has 8 nitrogen and oxygen atoms in total. The molecule has 1 N–H and O–H groups in total. The van der Waals surface area contributed by atoms with Crippen molar-refractivity contribution in [3.8, 4) is 5.75 Å². The maximum absolute atomic E-state index is 14.7. The smallest absolute Gasteiger partial charge is 0.264 e. The molecule has 1 aliphatic rings. The fourth-order valence-corrected chi connectivity index (χ4v) is 6.39. The van der Waals surface area contributed by atoms with Crippen LogP contribution in [0.2, 0.25) is 0 Å². The fourth-order valence-electron chi connectivity index (χ4n) is 4.96. The molecule has 0 radical (unpaired) electrons. The molecule has 3 aromatic rings. The van der Waals surface area contributed by atoms with E-state index in [1.165, 1.54) is 30.2 Å². The van der Waals surface area contributed by atoms with E-state index < -0.39 is 34.3 Å². The molecule has 1 saturated carbocycles. The van der Waals surface area contributed by atoms with E-state index in [1.54, 1.807) is 67.6 Å². The minimum Gasteiger partial charge on any atom is -0.497 e. The number of nitrogens with zero attached hydrogens (tertiary/aromatic N) is 2. The number of ether oxygens (including phenoxy) is 1. The minimum absolute atomic E-state index is 0.00682. The standard InChI is InChI=1S/C31H36FN3O5S/c1-23(31(37)33-25-12-5-3-6-13-25)34(21-24-11-9-10-16-29(24)32)30(36)22-35(26-17-19-27(40-2)20-18-26)41(38,39)28-14-7-4-8-15-28/h4,7-11,14-20,23,25H,3,5-6,12-13,21-22H2,1-2H3,(H,33,37)/t23-/m1/s1. The summed E-state index contributed by atoms with van der Waals surface area (Å²) in [4.78, 5) is 28.6. The Balaban J connectivity index is 1.67. The maximum atomic E-state index is 14.7. The Kier molecular flexibility index (Phi) is 9.99. The Morgan fingerprint density at radius 2 is 1.59 bits per heavy atom. The summed E-state index contributed by atoms with van der Waals surface area (Å²) in [5.74, 6) is -1.00. The maximum Gasteiger partial charge on any atom is 0.264 e. The molecule has 3 aromatic carbocycles. The van der Waals surface area contributed by atoms with Gasteiger partial charge in [0.05, 0.1) is 17.7 Å². The number of carbonyl (C=O) groups is 2. The molecule has 218 valence electrons. The second-order valence-corrected chi connectivity index (χ2v) is 12.0. The highest BCUT2D eigenvalue weighted by atomic mass is 32.2. The van der Waals surface area contributed by atoms with E-state index >= 15 is 0 Å². The molecule has 0 unspecified atom stereocenters. The lowest BCUT2D eigenvalue weighted by atomic mass is 9.95. The van der Waals surface area contributed by atoms with Gasteiger partial charge in [-0.05, 0) is 62.2 Å². The third-order valence-electron chi connectivity index (χ3n) is 7.39. The Bertz CT molecular complexity index is 1430. The molecule has 10 heteroatoms. The second kappa shape index (κ2) is 13.6. The van der Waals surface area contributed by atoms with Crippen molar-refractivity contribution in [1.29, 1.82) is 0 Å². The lowest BCUT2D eigenvalue weighted by molar-refractivity contribution is -0.139. The Morgan fingerprint density at radius 3 is 2.22 bits per heavy atom. The quantitative estimate of drug-likeness (QED) is 0.348. The molecule has 0 spiro atoms. The third kappa shape index (κ3) is 7.43. The summed E-state index contributed by atoms with van der Waals surface area (Å²) in [6.07, 6.45) is 4.88. The molecule has 4 rings (SSSR count). The van der Waals surface area contributed by atoms with Crippen LogP contribution in [0.3, 0.4) is 0 Å². The van der Waals surface area contributed by atoms with Crippen LogP contribution in [0.25, 0.3) is 0 Å². The first-order chi connectivity index (χ1) is 19.7. The molecule has 1 aliphatic carbocycles. The van der Waals surface area contributed by atoms with Gasteiger partial charge in [0.15, 0.2) is 0 Å². The van der Waals surface area contributed by atoms with Gasteiger partial charge in [-0.15, -0.1) is 0 Å². The van der Waals surface area contributed by atoms with Crippen molar-refractivity contribution in [2.75, 3.05) is 18.0 Å². The molecule has 41 heavy (non-hydrogen) atoms. The van der Waals surface area contributed by atoms with Crippen molar-refractivity contribution < 1.29 is 27.1 Å². The second-order valence-electron chi connectivity index (χ2n) is 10.2. The van der Waals surface area contributed by atoms with E-state index in [4.69, 9.17) is 4.74 Å². The number of hydrogen-bond donors (Lipinski definition) is 1. The number of benzene rings is 3. The predicted molar refractivity (Wildman–Crippen MR) is 155 cm³/mol. The average molecular weight is 582 g/mol. The van der Waals surface area contributed by atoms with Gasteiger partial charge in [0.25, 0.3) is 10.0 Å². The van der Waals surface area contributed by atoms with E-state index in [0.717, 1.165) is 36.4 Å². The molecule has 0 aromatic heterocycles. The Morgan fingerprint density at radius 1 is 0.951 bits per heavy atom. The Hall–Kier alpha value is -3.92. The summed E-state index contributed by atoms with van der Waals surface area (Å²) in [5, 5.41) is 3.04. The van der Waals surface area contributed by atoms with Crippen LogP contribution < -0.4 is 14.4 Å². The molecular weight excluding hydrogens is 545 g/mol. The van der Waals surface area contributed by atoms with Gasteiger partial charge in [-0.25, -0.2) is 12.8 Å². The van der Waals surface area contributed by atoms with Gasteiger partial charge >= 0.3 is 0 Å². The number of nitrogens with one attached hydrogen (secondary N) is 1. The van der Waals surface area contributed by atoms with Crippen LogP contribution in [0.15, 0.2) is 83.8 Å². The van der Waals surface area contributed by atoms with Crippen LogP contribution in [0.4, 0.5) is 10.1 Å². The number of sulfonamides is 1. The largest absolute Gasteiger partial charge is 0.497 e. The molecule has 2 amide bonds. The van der Waals surface area contributed by atoms with Crippen LogP contribution >= 0.6 is 0 Å². The molecule has 1 fully saturated rings. The number of amides is 2. The lowest BCUT2D eigenvalue weighted by Gasteiger charge is -2.33. The van der Waals surface area contributed by atoms with Gasteiger partial charge in [0.2, 0.25) is 11.8 Å². The first-order valence-corrected chi connectivity index (χ1v) is 15.2. The van der Waals surface area contributed by atoms with Gasteiger partial charge in [-0.3, -0.25) is 13.9 Å². The van der Waals surface area contributed by atoms with Crippen molar-refractivity contribution in [3.05, 3.63) is 90.2 Å². The SMILES string of the molecule is COc1ccc(N(CC(=O)N(Cc2ccccc2F)[C@H](C)C(=O)NC2CCCCC2)S(=O)(=O)c2ccccc2)cc1. The summed E-state index contributed by atoms with van der Waals surface area (Å²) >= 11 is 0. The van der Waals surface area contributed by atoms with Crippen LogP contribution in [-0.4, -0.2) is 50.9 Å². The van der Waals surface area contributed by atoms with Crippen molar-refractivity contribution in [2.45, 2.75) is 62.6 Å². The number of anilines is 1. The number of hydrogen-bond acceptors (Lipinski definition) is 5. The fraction of sp³-hybridized carbons (Fsp3) is 0.355. The zero-order valence-corrected chi connectivity index (χ0v) is 24.1. The minimum atomic E-state index is -4.18. The monoisotopic (exact) mass is 581 g/mol. The highest BCUT2D eigenvalue weighted by molar-refractivity contribution is 7.92. The molecule has 0 heterocycles. The topological polar surface area (TPSA) is 96.0 Å². The highest BCUT2D eigenvalue weighted by Gasteiger charge is 2.33. The highest BCUT2D eigenvalue weighted by Crippen LogP contribution is 2.27. The summed E-state index contributed by atoms with van der Waals surface area (Å²) in [6, 6.07) is 19.2. The van der Waals surface area contributed by atoms with Crippen LogP contribution in [0.5, 0.6) is 5.75 Å². The first kappa shape index (κ1) is 30.0. The number of methoxy groups -OCH3 is 1. The van der Waals surface area contributed by atoms with E-state index in [-0.39, 0.29) is 34.6 Å². The van der Waals surface area contributed by atoms with E-state index in [9.17, 15) is 22.4 Å². The van der Waals surface area contributed by atoms with E-state index in [1.807, 2.05) is 0 Å². The normalized spacial score (nSPS) is 14.6. The van der Waals surface area contributed by atoms with E-state index in [2.05, 4.69) is 5.32 Å². The van der Waals surface area contributed by atoms with Crippen LogP contribution in [-0.2, 0) is 26.2 Å². The summed E-state index contributed by atoms with van der Waals surface area (Å²) < 4.78 is 48.5. The molecule has 0 saturated heterocycles. The molecule has 1 atom stereocenters. The van der Waals surface area contributed by atoms with Gasteiger partial charge in [-0.1, -0.05) is 55.7 Å². The molecule has 0 aliphatic heterocycles. The zero-order chi connectivity index (χ0) is 29.4. The lowest BCUT2D eigenvalue weighted by Crippen LogP contribution is -2.53. The third-order valence-corrected chi connectivity index (χ3v) is 9.18.